The molecule has 2 heterocycles. The van der Waals surface area contributed by atoms with Crippen LogP contribution < -0.4 is 20.1 Å². The molecule has 0 aliphatic carbocycles. The Morgan fingerprint density at radius 2 is 1.76 bits per heavy atom. The Morgan fingerprint density at radius 1 is 1.00 bits per heavy atom. The number of amides is 2. The van der Waals surface area contributed by atoms with Crippen LogP contribution in [0.5, 0.6) is 11.5 Å². The number of benzene rings is 2. The molecule has 8 heteroatoms. The van der Waals surface area contributed by atoms with Gasteiger partial charge in [0.15, 0.2) is 11.5 Å². The molecule has 1 saturated heterocycles. The molecule has 4 rings (SSSR count). The number of nitrogens with one attached hydrogen (secondary N) is 2. The number of hydrogen-bond acceptors (Lipinski definition) is 5. The Morgan fingerprint density at radius 3 is 2.55 bits per heavy atom. The van der Waals surface area contributed by atoms with Crippen LogP contribution in [0.3, 0.4) is 0 Å². The van der Waals surface area contributed by atoms with Crippen molar-refractivity contribution >= 4 is 34.8 Å². The van der Waals surface area contributed by atoms with E-state index in [0.717, 1.165) is 0 Å². The Kier molecular flexibility index (Phi) is 5.87. The molecule has 2 N–H and O–H groups in total. The predicted molar refractivity (Wildman–Crippen MR) is 110 cm³/mol. The van der Waals surface area contributed by atoms with Crippen molar-refractivity contribution in [3.63, 3.8) is 0 Å². The number of fused-ring (bicyclic) bond motifs is 1. The molecule has 152 valence electrons. The van der Waals surface area contributed by atoms with Crippen molar-refractivity contribution in [2.45, 2.75) is 12.8 Å². The first kappa shape index (κ1) is 19.5. The first-order valence-corrected chi connectivity index (χ1v) is 9.93. The summed E-state index contributed by atoms with van der Waals surface area (Å²) in [6.07, 6.45) is 1.42. The summed E-state index contributed by atoms with van der Waals surface area (Å²) in [5.74, 6) is 1.16. The number of piperidine rings is 1. The van der Waals surface area contributed by atoms with Crippen molar-refractivity contribution in [1.29, 1.82) is 0 Å². The average molecular weight is 416 g/mol. The van der Waals surface area contributed by atoms with Crippen molar-refractivity contribution in [3.05, 3.63) is 47.5 Å². The van der Waals surface area contributed by atoms with Crippen LogP contribution in [0.4, 0.5) is 11.4 Å². The molecule has 2 amide bonds. The SMILES string of the molecule is O=C(CN1CCC(C(=O)Nc2ccc3c(c2)OCO3)CC1)Nc1cccc(Cl)c1. The van der Waals surface area contributed by atoms with E-state index in [1.54, 1.807) is 42.5 Å². The minimum Gasteiger partial charge on any atom is -0.454 e. The van der Waals surface area contributed by atoms with Gasteiger partial charge in [0.25, 0.3) is 0 Å². The van der Waals surface area contributed by atoms with Gasteiger partial charge in [0.1, 0.15) is 0 Å². The van der Waals surface area contributed by atoms with Gasteiger partial charge < -0.3 is 20.1 Å². The number of nitrogens with zero attached hydrogens (tertiary/aromatic N) is 1. The Labute approximate surface area is 173 Å². The number of carbonyl (C=O) groups is 2. The highest BCUT2D eigenvalue weighted by atomic mass is 35.5. The van der Waals surface area contributed by atoms with Crippen LogP contribution in [0.25, 0.3) is 0 Å². The molecule has 2 aromatic carbocycles. The van der Waals surface area contributed by atoms with E-state index in [4.69, 9.17) is 21.1 Å². The Bertz CT molecular complexity index is 913. The minimum absolute atomic E-state index is 0.00751. The van der Waals surface area contributed by atoms with Crippen molar-refractivity contribution in [3.8, 4) is 11.5 Å². The fourth-order valence-electron chi connectivity index (χ4n) is 3.54. The summed E-state index contributed by atoms with van der Waals surface area (Å²) < 4.78 is 10.6. The van der Waals surface area contributed by atoms with Crippen LogP contribution in [0.2, 0.25) is 5.02 Å². The summed E-state index contributed by atoms with van der Waals surface area (Å²) in [6, 6.07) is 12.4. The summed E-state index contributed by atoms with van der Waals surface area (Å²) in [6.45, 7) is 1.89. The highest BCUT2D eigenvalue weighted by Gasteiger charge is 2.26. The fraction of sp³-hybridized carbons (Fsp3) is 0.333. The van der Waals surface area contributed by atoms with Gasteiger partial charge in [0.2, 0.25) is 18.6 Å². The molecule has 29 heavy (non-hydrogen) atoms. The Hall–Kier alpha value is -2.77. The number of hydrogen-bond donors (Lipinski definition) is 2. The van der Waals surface area contributed by atoms with E-state index in [2.05, 4.69) is 15.5 Å². The maximum absolute atomic E-state index is 12.6. The first-order chi connectivity index (χ1) is 14.1. The number of carbonyl (C=O) groups excluding carboxylic acids is 2. The lowest BCUT2D eigenvalue weighted by Gasteiger charge is -2.30. The van der Waals surface area contributed by atoms with Crippen LogP contribution in [0, 0.1) is 5.92 Å². The summed E-state index contributed by atoms with van der Waals surface area (Å²) in [4.78, 5) is 26.9. The lowest BCUT2D eigenvalue weighted by atomic mass is 9.95. The van der Waals surface area contributed by atoms with Crippen LogP contribution in [0.15, 0.2) is 42.5 Å². The molecule has 2 aromatic rings. The van der Waals surface area contributed by atoms with E-state index in [1.807, 2.05) is 0 Å². The van der Waals surface area contributed by atoms with Gasteiger partial charge in [-0.3, -0.25) is 14.5 Å². The molecular formula is C21H22ClN3O4. The molecule has 0 bridgehead atoms. The molecule has 2 aliphatic rings. The molecule has 0 unspecified atom stereocenters. The Balaban J connectivity index is 1.23. The normalized spacial score (nSPS) is 16.4. The van der Waals surface area contributed by atoms with E-state index in [-0.39, 0.29) is 24.5 Å². The maximum Gasteiger partial charge on any atom is 0.238 e. The minimum atomic E-state index is -0.0875. The monoisotopic (exact) mass is 415 g/mol. The largest absolute Gasteiger partial charge is 0.454 e. The van der Waals surface area contributed by atoms with Gasteiger partial charge in [-0.15, -0.1) is 0 Å². The van der Waals surface area contributed by atoms with Gasteiger partial charge in [0, 0.05) is 28.4 Å². The molecule has 1 fully saturated rings. The topological polar surface area (TPSA) is 79.9 Å². The van der Waals surface area contributed by atoms with Crippen LogP contribution in [-0.2, 0) is 9.59 Å². The van der Waals surface area contributed by atoms with E-state index < -0.39 is 0 Å². The molecule has 0 atom stereocenters. The highest BCUT2D eigenvalue weighted by Crippen LogP contribution is 2.34. The zero-order chi connectivity index (χ0) is 20.2. The number of rotatable bonds is 5. The van der Waals surface area contributed by atoms with Crippen molar-refractivity contribution in [2.24, 2.45) is 5.92 Å². The van der Waals surface area contributed by atoms with E-state index in [9.17, 15) is 9.59 Å². The summed E-state index contributed by atoms with van der Waals surface area (Å²) in [5.41, 5.74) is 1.38. The molecule has 7 nitrogen and oxygen atoms in total. The molecule has 2 aliphatic heterocycles. The van der Waals surface area contributed by atoms with Crippen molar-refractivity contribution in [2.75, 3.05) is 37.1 Å². The summed E-state index contributed by atoms with van der Waals surface area (Å²) >= 11 is 5.94. The third-order valence-corrected chi connectivity index (χ3v) is 5.31. The number of halogens is 1. The summed E-state index contributed by atoms with van der Waals surface area (Å²) in [7, 11) is 0. The van der Waals surface area contributed by atoms with Gasteiger partial charge in [-0.25, -0.2) is 0 Å². The van der Waals surface area contributed by atoms with E-state index in [0.29, 0.717) is 60.4 Å². The van der Waals surface area contributed by atoms with Gasteiger partial charge in [-0.1, -0.05) is 17.7 Å². The average Bonchev–Trinajstić information content (AvgIpc) is 3.16. The van der Waals surface area contributed by atoms with Crippen LogP contribution >= 0.6 is 11.6 Å². The molecule has 0 radical (unpaired) electrons. The smallest absolute Gasteiger partial charge is 0.238 e. The van der Waals surface area contributed by atoms with Crippen LogP contribution in [0.1, 0.15) is 12.8 Å². The molecule has 0 aromatic heterocycles. The third-order valence-electron chi connectivity index (χ3n) is 5.07. The second kappa shape index (κ2) is 8.71. The van der Waals surface area contributed by atoms with E-state index in [1.165, 1.54) is 0 Å². The lowest BCUT2D eigenvalue weighted by Crippen LogP contribution is -2.41. The third kappa shape index (κ3) is 4.99. The highest BCUT2D eigenvalue weighted by molar-refractivity contribution is 6.30. The van der Waals surface area contributed by atoms with Gasteiger partial charge in [0.05, 0.1) is 6.54 Å². The maximum atomic E-state index is 12.6. The quantitative estimate of drug-likeness (QED) is 0.782. The summed E-state index contributed by atoms with van der Waals surface area (Å²) in [5, 5.41) is 6.38. The fourth-order valence-corrected chi connectivity index (χ4v) is 3.73. The zero-order valence-electron chi connectivity index (χ0n) is 15.8. The van der Waals surface area contributed by atoms with Gasteiger partial charge in [-0.05, 0) is 56.3 Å². The van der Waals surface area contributed by atoms with Crippen molar-refractivity contribution in [1.82, 2.24) is 4.90 Å². The number of ether oxygens (including phenoxy) is 2. The lowest BCUT2D eigenvalue weighted by molar-refractivity contribution is -0.121. The zero-order valence-corrected chi connectivity index (χ0v) is 16.6. The molecule has 0 saturated carbocycles. The van der Waals surface area contributed by atoms with Gasteiger partial charge in [-0.2, -0.15) is 0 Å². The molecular weight excluding hydrogens is 394 g/mol. The second-order valence-corrected chi connectivity index (χ2v) is 7.60. The first-order valence-electron chi connectivity index (χ1n) is 9.55. The standard InChI is InChI=1S/C21H22ClN3O4/c22-15-2-1-3-16(10-15)23-20(26)12-25-8-6-14(7-9-25)21(27)24-17-4-5-18-19(11-17)29-13-28-18/h1-5,10-11,14H,6-9,12-13H2,(H,23,26)(H,24,27). The number of anilines is 2. The number of likely N-dealkylation sites (tertiary alicyclic amines) is 1. The van der Waals surface area contributed by atoms with Gasteiger partial charge >= 0.3 is 0 Å². The van der Waals surface area contributed by atoms with E-state index >= 15 is 0 Å². The second-order valence-electron chi connectivity index (χ2n) is 7.17. The molecule has 0 spiro atoms. The predicted octanol–water partition coefficient (Wildman–Crippen LogP) is 3.36. The van der Waals surface area contributed by atoms with Crippen molar-refractivity contribution < 1.29 is 19.1 Å². The van der Waals surface area contributed by atoms with Crippen LogP contribution in [-0.4, -0.2) is 43.1 Å².